The van der Waals surface area contributed by atoms with Crippen molar-refractivity contribution in [2.24, 2.45) is 29.1 Å². The maximum absolute atomic E-state index is 13.1. The molecule has 3 nitrogen and oxygen atoms in total. The Kier molecular flexibility index (Phi) is 6.81. The van der Waals surface area contributed by atoms with Crippen LogP contribution >= 0.6 is 0 Å². The van der Waals surface area contributed by atoms with E-state index in [1.165, 1.54) is 50.5 Å². The standard InChI is InChI=1S/C27H44O3S/c1-18(2)7-5-8-19(3)24-12-13-25-20(9-6-14-27(24,25)4)15-26-23-16-22(28)11-10-21(23)17-31(26,29)30/h15,18-19,22,24-26,28H,5-14,16-17H2,1-4H3/b20-15+/t19-,22+,24-,25+,26-,27-/m1/s1. The molecule has 0 amide bonds. The van der Waals surface area contributed by atoms with Gasteiger partial charge in [-0.1, -0.05) is 64.2 Å². The van der Waals surface area contributed by atoms with Crippen LogP contribution in [0.2, 0.25) is 0 Å². The highest BCUT2D eigenvalue weighted by molar-refractivity contribution is 7.92. The highest BCUT2D eigenvalue weighted by Crippen LogP contribution is 2.60. The summed E-state index contributed by atoms with van der Waals surface area (Å²) in [5.74, 6) is 3.08. The molecule has 0 saturated heterocycles. The lowest BCUT2D eigenvalue weighted by Crippen LogP contribution is -2.36. The van der Waals surface area contributed by atoms with Crippen LogP contribution in [0.1, 0.15) is 98.3 Å². The SMILES string of the molecule is CC(C)CCC[C@@H](C)[C@H]1CC[C@H]2/C(=C/[C@@H]3C4=C(CC[C@H](O)C4)CS3(=O)=O)CCC[C@]12C. The Hall–Kier alpha value is -0.610. The van der Waals surface area contributed by atoms with Crippen molar-refractivity contribution in [1.82, 2.24) is 0 Å². The minimum atomic E-state index is -3.15. The summed E-state index contributed by atoms with van der Waals surface area (Å²) in [5, 5.41) is 9.73. The Morgan fingerprint density at radius 3 is 2.65 bits per heavy atom. The van der Waals surface area contributed by atoms with Crippen molar-refractivity contribution in [3.63, 3.8) is 0 Å². The minimum absolute atomic E-state index is 0.223. The molecule has 0 aromatic heterocycles. The third-order valence-corrected chi connectivity index (χ3v) is 11.3. The van der Waals surface area contributed by atoms with Crippen molar-refractivity contribution in [1.29, 1.82) is 0 Å². The van der Waals surface area contributed by atoms with Crippen LogP contribution in [-0.2, 0) is 9.84 Å². The summed E-state index contributed by atoms with van der Waals surface area (Å²) in [7, 11) is -3.15. The average molecular weight is 449 g/mol. The zero-order chi connectivity index (χ0) is 22.4. The summed E-state index contributed by atoms with van der Waals surface area (Å²) in [5.41, 5.74) is 3.89. The van der Waals surface area contributed by atoms with Crippen molar-refractivity contribution >= 4 is 9.84 Å². The van der Waals surface area contributed by atoms with Gasteiger partial charge in [-0.3, -0.25) is 0 Å². The fraction of sp³-hybridized carbons (Fsp3) is 0.852. The first-order valence-corrected chi connectivity index (χ1v) is 14.6. The molecular formula is C27H44O3S. The van der Waals surface area contributed by atoms with Crippen LogP contribution in [0.15, 0.2) is 22.8 Å². The highest BCUT2D eigenvalue weighted by atomic mass is 32.2. The largest absolute Gasteiger partial charge is 0.393 e. The van der Waals surface area contributed by atoms with Gasteiger partial charge >= 0.3 is 0 Å². The molecule has 0 aromatic carbocycles. The van der Waals surface area contributed by atoms with Crippen LogP contribution in [-0.4, -0.2) is 30.6 Å². The summed E-state index contributed by atoms with van der Waals surface area (Å²) in [6, 6.07) is 0. The van der Waals surface area contributed by atoms with Gasteiger partial charge in [-0.15, -0.1) is 0 Å². The van der Waals surface area contributed by atoms with E-state index in [1.807, 2.05) is 0 Å². The van der Waals surface area contributed by atoms with Gasteiger partial charge in [0.15, 0.2) is 9.84 Å². The number of hydrogen-bond acceptors (Lipinski definition) is 3. The normalized spacial score (nSPS) is 39.7. The molecule has 2 fully saturated rings. The van der Waals surface area contributed by atoms with Gasteiger partial charge in [0.2, 0.25) is 0 Å². The molecule has 3 aliphatic carbocycles. The van der Waals surface area contributed by atoms with Crippen LogP contribution in [0.25, 0.3) is 0 Å². The van der Waals surface area contributed by atoms with Crippen molar-refractivity contribution in [3.05, 3.63) is 22.8 Å². The average Bonchev–Trinajstić information content (AvgIpc) is 3.16. The monoisotopic (exact) mass is 448 g/mol. The van der Waals surface area contributed by atoms with Crippen LogP contribution in [0.3, 0.4) is 0 Å². The molecule has 1 N–H and O–H groups in total. The zero-order valence-corrected chi connectivity index (χ0v) is 21.0. The molecule has 4 aliphatic rings. The van der Waals surface area contributed by atoms with Gasteiger partial charge < -0.3 is 5.11 Å². The molecule has 0 bridgehead atoms. The zero-order valence-electron chi connectivity index (χ0n) is 20.2. The third kappa shape index (κ3) is 4.58. The van der Waals surface area contributed by atoms with Crippen LogP contribution < -0.4 is 0 Å². The predicted octanol–water partition coefficient (Wildman–Crippen LogP) is 6.23. The maximum atomic E-state index is 13.1. The molecule has 4 rings (SSSR count). The lowest BCUT2D eigenvalue weighted by Gasteiger charge is -2.44. The summed E-state index contributed by atoms with van der Waals surface area (Å²) in [6.45, 7) is 9.62. The van der Waals surface area contributed by atoms with Crippen molar-refractivity contribution in [2.75, 3.05) is 5.75 Å². The van der Waals surface area contributed by atoms with Gasteiger partial charge in [0.1, 0.15) is 5.25 Å². The Bertz CT molecular complexity index is 837. The van der Waals surface area contributed by atoms with Crippen molar-refractivity contribution in [3.8, 4) is 0 Å². The molecule has 0 aromatic rings. The molecule has 0 unspecified atom stereocenters. The van der Waals surface area contributed by atoms with Crippen LogP contribution in [0.4, 0.5) is 0 Å². The molecule has 4 heteroatoms. The van der Waals surface area contributed by atoms with E-state index in [-0.39, 0.29) is 11.9 Å². The summed E-state index contributed by atoms with van der Waals surface area (Å²) in [4.78, 5) is 0. The number of fused-ring (bicyclic) bond motifs is 1. The first-order valence-electron chi connectivity index (χ1n) is 12.9. The topological polar surface area (TPSA) is 54.4 Å². The molecule has 6 atom stereocenters. The second kappa shape index (κ2) is 8.97. The second-order valence-corrected chi connectivity index (χ2v) is 14.0. The molecular weight excluding hydrogens is 404 g/mol. The van der Waals surface area contributed by atoms with E-state index in [0.717, 1.165) is 41.7 Å². The van der Waals surface area contributed by atoms with Gasteiger partial charge in [-0.25, -0.2) is 8.42 Å². The lowest BCUT2D eigenvalue weighted by atomic mass is 9.60. The first kappa shape index (κ1) is 23.5. The Morgan fingerprint density at radius 2 is 1.90 bits per heavy atom. The molecule has 0 spiro atoms. The van der Waals surface area contributed by atoms with Crippen LogP contribution in [0, 0.1) is 29.1 Å². The quantitative estimate of drug-likeness (QED) is 0.490. The number of rotatable bonds is 6. The van der Waals surface area contributed by atoms with Crippen molar-refractivity contribution in [2.45, 2.75) is 110 Å². The predicted molar refractivity (Wildman–Crippen MR) is 129 cm³/mol. The minimum Gasteiger partial charge on any atom is -0.393 e. The summed E-state index contributed by atoms with van der Waals surface area (Å²) >= 11 is 0. The molecule has 1 aliphatic heterocycles. The van der Waals surface area contributed by atoms with Gasteiger partial charge in [-0.2, -0.15) is 0 Å². The fourth-order valence-electron chi connectivity index (χ4n) is 7.70. The Balaban J connectivity index is 1.54. The molecule has 2 saturated carbocycles. The summed E-state index contributed by atoms with van der Waals surface area (Å²) < 4.78 is 26.1. The number of allylic oxidation sites excluding steroid dienone is 1. The van der Waals surface area contributed by atoms with Gasteiger partial charge in [0.05, 0.1) is 11.9 Å². The molecule has 31 heavy (non-hydrogen) atoms. The Morgan fingerprint density at radius 1 is 1.13 bits per heavy atom. The number of hydrogen-bond donors (Lipinski definition) is 1. The van der Waals surface area contributed by atoms with E-state index in [4.69, 9.17) is 0 Å². The first-order chi connectivity index (χ1) is 14.6. The number of aliphatic hydroxyl groups is 1. The van der Waals surface area contributed by atoms with E-state index in [9.17, 15) is 13.5 Å². The van der Waals surface area contributed by atoms with E-state index < -0.39 is 15.1 Å². The van der Waals surface area contributed by atoms with Gasteiger partial charge in [0.25, 0.3) is 0 Å². The molecule has 0 radical (unpaired) electrons. The van der Waals surface area contributed by atoms with Gasteiger partial charge in [0, 0.05) is 0 Å². The van der Waals surface area contributed by atoms with E-state index in [0.29, 0.717) is 24.2 Å². The second-order valence-electron chi connectivity index (χ2n) is 11.9. The number of sulfone groups is 1. The maximum Gasteiger partial charge on any atom is 0.164 e. The third-order valence-electron chi connectivity index (χ3n) is 9.33. The Labute approximate surface area is 190 Å². The fourth-order valence-corrected chi connectivity index (χ4v) is 9.77. The smallest absolute Gasteiger partial charge is 0.164 e. The highest BCUT2D eigenvalue weighted by Gasteiger charge is 2.51. The van der Waals surface area contributed by atoms with E-state index in [1.54, 1.807) is 0 Å². The van der Waals surface area contributed by atoms with Crippen molar-refractivity contribution < 1.29 is 13.5 Å². The summed E-state index contributed by atoms with van der Waals surface area (Å²) in [6.07, 6.45) is 13.9. The van der Waals surface area contributed by atoms with Gasteiger partial charge in [-0.05, 0) is 86.0 Å². The van der Waals surface area contributed by atoms with Crippen LogP contribution in [0.5, 0.6) is 0 Å². The van der Waals surface area contributed by atoms with E-state index >= 15 is 0 Å². The number of aliphatic hydroxyl groups excluding tert-OH is 1. The lowest BCUT2D eigenvalue weighted by molar-refractivity contribution is 0.0926. The molecule has 176 valence electrons. The van der Waals surface area contributed by atoms with E-state index in [2.05, 4.69) is 33.8 Å². The molecule has 1 heterocycles.